The average molecular weight is 1030 g/mol. The van der Waals surface area contributed by atoms with Crippen LogP contribution in [0.25, 0.3) is 11.2 Å². The van der Waals surface area contributed by atoms with Crippen molar-refractivity contribution in [3.63, 3.8) is 0 Å². The van der Waals surface area contributed by atoms with Crippen molar-refractivity contribution >= 4 is 69.1 Å². The summed E-state index contributed by atoms with van der Waals surface area (Å²) in [6, 6.07) is 0. The Kier molecular flexibility index (Phi) is 25.0. The molecule has 8 atom stereocenters. The van der Waals surface area contributed by atoms with E-state index in [-0.39, 0.29) is 41.6 Å². The van der Waals surface area contributed by atoms with E-state index in [0.29, 0.717) is 12.2 Å². The number of fused-ring (bicyclic) bond motifs is 1. The first-order valence-corrected chi connectivity index (χ1v) is 28.0. The number of nitrogens with zero attached hydrogens (tertiary/aromatic N) is 4. The SMILES string of the molecule is CCCCCCC(C)CCCCCCCCCC(=O)SCCNC(=O)CCNC(=O)C(O)C(C)(C)COP(=O)(O)OP(=O)(O)OCC1OC(n2cnc3c(N)ncnc32)C(O)C1OP(=O)(O)O. The van der Waals surface area contributed by atoms with E-state index in [0.717, 1.165) is 54.2 Å². The summed E-state index contributed by atoms with van der Waals surface area (Å²) in [6.07, 6.45) is 9.48. The standard InChI is InChI=1S/C39H70N7O17P3S/c1-5-6-7-13-16-27(2)17-14-11-9-8-10-12-15-18-30(48)67-22-21-41-29(47)19-20-42-37(51)34(50)39(3,4)24-60-66(57,58)63-65(55,56)59-23-28-33(62-64(52,53)54)32(49)38(61-28)46-26-45-31-35(40)43-25-44-36(31)46/h25-28,32-34,38,49-50H,5-24H2,1-4H3,(H,41,47)(H,42,51)(H,55,56)(H,57,58)(H2,40,43,44)(H2,52,53,54). The number of thioether (sulfide) groups is 1. The zero-order valence-corrected chi connectivity index (χ0v) is 42.1. The minimum atomic E-state index is -5.57. The Hall–Kier alpha value is -2.44. The van der Waals surface area contributed by atoms with Crippen molar-refractivity contribution in [2.24, 2.45) is 11.3 Å². The van der Waals surface area contributed by atoms with Crippen LogP contribution in [0.15, 0.2) is 12.7 Å². The van der Waals surface area contributed by atoms with Gasteiger partial charge in [0.25, 0.3) is 0 Å². The largest absolute Gasteiger partial charge is 0.481 e. The highest BCUT2D eigenvalue weighted by molar-refractivity contribution is 8.13. The number of aliphatic hydroxyl groups excluding tert-OH is 2. The number of anilines is 1. The number of phosphoric ester groups is 3. The summed E-state index contributed by atoms with van der Waals surface area (Å²) in [4.78, 5) is 88.4. The first-order chi connectivity index (χ1) is 31.4. The van der Waals surface area contributed by atoms with Crippen molar-refractivity contribution in [1.29, 1.82) is 0 Å². The number of nitrogen functional groups attached to an aromatic ring is 1. The first-order valence-electron chi connectivity index (χ1n) is 22.5. The third-order valence-corrected chi connectivity index (χ3v) is 14.9. The minimum absolute atomic E-state index is 0.0338. The van der Waals surface area contributed by atoms with E-state index < -0.39 is 84.6 Å². The Morgan fingerprint density at radius 1 is 0.896 bits per heavy atom. The highest BCUT2D eigenvalue weighted by Crippen LogP contribution is 2.61. The summed E-state index contributed by atoms with van der Waals surface area (Å²) in [5, 5.41) is 26.7. The predicted molar refractivity (Wildman–Crippen MR) is 247 cm³/mol. The van der Waals surface area contributed by atoms with Gasteiger partial charge < -0.3 is 50.9 Å². The lowest BCUT2D eigenvalue weighted by Crippen LogP contribution is -2.46. The van der Waals surface area contributed by atoms with Gasteiger partial charge in [0.2, 0.25) is 11.8 Å². The number of aliphatic hydroxyl groups is 2. The molecule has 67 heavy (non-hydrogen) atoms. The maximum atomic E-state index is 12.7. The van der Waals surface area contributed by atoms with E-state index >= 15 is 0 Å². The molecule has 1 aliphatic heterocycles. The number of hydrogen-bond donors (Lipinski definition) is 9. The summed E-state index contributed by atoms with van der Waals surface area (Å²) in [5.74, 6) is -0.210. The maximum absolute atomic E-state index is 12.7. The number of carbonyl (C=O) groups is 3. The van der Waals surface area contributed by atoms with Crippen molar-refractivity contribution in [1.82, 2.24) is 30.2 Å². The third-order valence-electron chi connectivity index (χ3n) is 10.9. The van der Waals surface area contributed by atoms with Crippen LogP contribution >= 0.6 is 35.2 Å². The molecule has 28 heteroatoms. The molecular weight excluding hydrogens is 963 g/mol. The molecule has 384 valence electrons. The van der Waals surface area contributed by atoms with Gasteiger partial charge in [0.15, 0.2) is 22.8 Å². The molecule has 8 unspecified atom stereocenters. The van der Waals surface area contributed by atoms with E-state index in [1.807, 2.05) is 0 Å². The number of aromatic nitrogens is 4. The second kappa shape index (κ2) is 28.4. The molecule has 0 aliphatic carbocycles. The van der Waals surface area contributed by atoms with Crippen LogP contribution in [0.5, 0.6) is 0 Å². The number of imidazole rings is 1. The highest BCUT2D eigenvalue weighted by Gasteiger charge is 2.50. The molecule has 0 radical (unpaired) electrons. The number of unbranched alkanes of at least 4 members (excludes halogenated alkanes) is 9. The molecule has 2 aromatic rings. The smallest absolute Gasteiger partial charge is 0.386 e. The van der Waals surface area contributed by atoms with Crippen LogP contribution in [0.1, 0.15) is 130 Å². The van der Waals surface area contributed by atoms with E-state index in [1.54, 1.807) is 0 Å². The van der Waals surface area contributed by atoms with Crippen molar-refractivity contribution in [2.75, 3.05) is 37.8 Å². The number of phosphoric acid groups is 3. The lowest BCUT2D eigenvalue weighted by molar-refractivity contribution is -0.137. The molecule has 2 amide bonds. The van der Waals surface area contributed by atoms with Gasteiger partial charge in [0, 0.05) is 37.1 Å². The van der Waals surface area contributed by atoms with Crippen molar-refractivity contribution in [3.8, 4) is 0 Å². The summed E-state index contributed by atoms with van der Waals surface area (Å²) < 4.78 is 62.4. The fourth-order valence-corrected chi connectivity index (χ4v) is 10.6. The molecule has 1 aliphatic rings. The molecule has 1 fully saturated rings. The molecule has 10 N–H and O–H groups in total. The molecule has 0 bridgehead atoms. The van der Waals surface area contributed by atoms with Crippen LogP contribution in [0.2, 0.25) is 0 Å². The fourth-order valence-electron chi connectivity index (χ4n) is 7.08. The lowest BCUT2D eigenvalue weighted by Gasteiger charge is -2.30. The van der Waals surface area contributed by atoms with Gasteiger partial charge in [-0.3, -0.25) is 32.5 Å². The van der Waals surface area contributed by atoms with Gasteiger partial charge >= 0.3 is 23.5 Å². The van der Waals surface area contributed by atoms with Crippen molar-refractivity contribution in [2.45, 2.75) is 155 Å². The zero-order chi connectivity index (χ0) is 49.8. The van der Waals surface area contributed by atoms with Crippen molar-refractivity contribution < 1.29 is 80.5 Å². The van der Waals surface area contributed by atoms with Crippen molar-refractivity contribution in [3.05, 3.63) is 12.7 Å². The number of nitrogens with one attached hydrogen (secondary N) is 2. The fraction of sp³-hybridized carbons (Fsp3) is 0.795. The molecule has 2 aromatic heterocycles. The summed E-state index contributed by atoms with van der Waals surface area (Å²) in [5.41, 5.74) is 4.29. The Morgan fingerprint density at radius 3 is 2.18 bits per heavy atom. The number of rotatable bonds is 34. The second-order valence-electron chi connectivity index (χ2n) is 17.3. The van der Waals surface area contributed by atoms with E-state index in [9.17, 15) is 57.9 Å². The molecule has 0 saturated carbocycles. The Morgan fingerprint density at radius 2 is 1.52 bits per heavy atom. The second-order valence-corrected chi connectivity index (χ2v) is 22.6. The normalized spacial score (nSPS) is 20.6. The quantitative estimate of drug-likeness (QED) is 0.0336. The topological polar surface area (TPSA) is 364 Å². The van der Waals surface area contributed by atoms with Crippen LogP contribution in [-0.4, -0.2) is 123 Å². The Balaban J connectivity index is 1.31. The van der Waals surface area contributed by atoms with Gasteiger partial charge in [-0.05, 0) is 12.3 Å². The van der Waals surface area contributed by atoms with Crippen LogP contribution < -0.4 is 16.4 Å². The molecule has 1 saturated heterocycles. The lowest BCUT2D eigenvalue weighted by atomic mass is 9.87. The predicted octanol–water partition coefficient (Wildman–Crippen LogP) is 4.78. The van der Waals surface area contributed by atoms with E-state index in [1.165, 1.54) is 78.1 Å². The van der Waals surface area contributed by atoms with Crippen LogP contribution in [-0.2, 0) is 50.7 Å². The number of hydrogen-bond acceptors (Lipinski definition) is 18. The molecule has 3 heterocycles. The van der Waals surface area contributed by atoms with Gasteiger partial charge in [0.1, 0.15) is 36.3 Å². The zero-order valence-electron chi connectivity index (χ0n) is 38.6. The number of carbonyl (C=O) groups excluding carboxylic acids is 3. The maximum Gasteiger partial charge on any atom is 0.481 e. The van der Waals surface area contributed by atoms with Gasteiger partial charge in [-0.15, -0.1) is 0 Å². The summed E-state index contributed by atoms with van der Waals surface area (Å²) >= 11 is 1.16. The molecule has 0 aromatic carbocycles. The van der Waals surface area contributed by atoms with Gasteiger partial charge in [-0.25, -0.2) is 28.6 Å². The molecular formula is C39H70N7O17P3S. The molecule has 0 spiro atoms. The molecule has 24 nitrogen and oxygen atoms in total. The van der Waals surface area contributed by atoms with E-state index in [2.05, 4.69) is 48.3 Å². The monoisotopic (exact) mass is 1030 g/mol. The number of ether oxygens (including phenoxy) is 1. The first kappa shape index (κ1) is 58.9. The number of nitrogens with two attached hydrogens (primary N) is 1. The Labute approximate surface area is 395 Å². The van der Waals surface area contributed by atoms with Gasteiger partial charge in [-0.2, -0.15) is 4.31 Å². The Bertz CT molecular complexity index is 2010. The van der Waals surface area contributed by atoms with E-state index in [4.69, 9.17) is 19.5 Å². The van der Waals surface area contributed by atoms with Crippen LogP contribution in [0, 0.1) is 11.3 Å². The summed E-state index contributed by atoms with van der Waals surface area (Å²) in [7, 11) is -16.4. The van der Waals surface area contributed by atoms with Crippen LogP contribution in [0.4, 0.5) is 5.82 Å². The average Bonchev–Trinajstić information content (AvgIpc) is 3.81. The summed E-state index contributed by atoms with van der Waals surface area (Å²) in [6.45, 7) is 5.18. The van der Waals surface area contributed by atoms with Gasteiger partial charge in [0.05, 0.1) is 19.5 Å². The van der Waals surface area contributed by atoms with Crippen LogP contribution in [0.3, 0.4) is 0 Å². The van der Waals surface area contributed by atoms with Gasteiger partial charge in [-0.1, -0.05) is 117 Å². The molecule has 3 rings (SSSR count). The minimum Gasteiger partial charge on any atom is -0.386 e. The number of amides is 2. The highest BCUT2D eigenvalue weighted by atomic mass is 32.2. The third kappa shape index (κ3) is 21.6.